The number of aliphatic hydroxyl groups excluding tert-OH is 1. The third-order valence-electron chi connectivity index (χ3n) is 3.20. The summed E-state index contributed by atoms with van der Waals surface area (Å²) in [4.78, 5) is 4.43. The molecule has 1 N–H and O–H groups in total. The van der Waals surface area contributed by atoms with Crippen molar-refractivity contribution in [3.05, 3.63) is 11.8 Å². The van der Waals surface area contributed by atoms with Crippen LogP contribution in [0.2, 0.25) is 0 Å². The van der Waals surface area contributed by atoms with Gasteiger partial charge in [-0.3, -0.25) is 9.80 Å². The number of hydrogen-bond donors (Lipinski definition) is 1. The number of aromatic nitrogens is 1. The fourth-order valence-corrected chi connectivity index (χ4v) is 2.04. The average molecular weight is 241 g/mol. The molecule has 17 heavy (non-hydrogen) atoms. The topological polar surface area (TPSA) is 62.0 Å². The molecule has 1 aromatic rings. The zero-order valence-electron chi connectivity index (χ0n) is 10.3. The van der Waals surface area contributed by atoms with Crippen LogP contribution in [0.4, 0.5) is 0 Å². The van der Waals surface area contributed by atoms with Crippen molar-refractivity contribution in [1.29, 1.82) is 0 Å². The molecule has 6 nitrogen and oxygen atoms in total. The summed E-state index contributed by atoms with van der Waals surface area (Å²) in [5, 5.41) is 13.0. The van der Waals surface area contributed by atoms with Crippen molar-refractivity contribution in [3.63, 3.8) is 0 Å². The van der Waals surface area contributed by atoms with Crippen LogP contribution in [0, 0.1) is 0 Å². The van der Waals surface area contributed by atoms with Gasteiger partial charge in [0.25, 0.3) is 5.88 Å². The first-order chi connectivity index (χ1) is 8.22. The normalized spacial score (nSPS) is 22.9. The number of methoxy groups -OCH3 is 1. The molecular weight excluding hydrogens is 222 g/mol. The Hall–Kier alpha value is -1.11. The standard InChI is InChI=1S/C11H19N3O3/c1-13-3-4-14(6-9(13)8-15)7-10-5-11(16-2)12-17-10/h5,9,15H,3-4,6-8H2,1-2H3. The van der Waals surface area contributed by atoms with Gasteiger partial charge in [-0.15, -0.1) is 0 Å². The second-order valence-corrected chi connectivity index (χ2v) is 4.39. The molecule has 0 aliphatic carbocycles. The van der Waals surface area contributed by atoms with Gasteiger partial charge in [-0.2, -0.15) is 0 Å². The maximum atomic E-state index is 9.26. The lowest BCUT2D eigenvalue weighted by molar-refractivity contribution is 0.0498. The fourth-order valence-electron chi connectivity index (χ4n) is 2.04. The second-order valence-electron chi connectivity index (χ2n) is 4.39. The van der Waals surface area contributed by atoms with Gasteiger partial charge >= 0.3 is 0 Å². The minimum absolute atomic E-state index is 0.187. The largest absolute Gasteiger partial charge is 0.479 e. The van der Waals surface area contributed by atoms with Gasteiger partial charge in [0.05, 0.1) is 20.3 Å². The van der Waals surface area contributed by atoms with Crippen molar-refractivity contribution < 1.29 is 14.4 Å². The average Bonchev–Trinajstić information content (AvgIpc) is 2.79. The smallest absolute Gasteiger partial charge is 0.254 e. The summed E-state index contributed by atoms with van der Waals surface area (Å²) in [6.45, 7) is 3.66. The van der Waals surface area contributed by atoms with Crippen molar-refractivity contribution in [2.45, 2.75) is 12.6 Å². The van der Waals surface area contributed by atoms with Gasteiger partial charge in [0.1, 0.15) is 0 Å². The highest BCUT2D eigenvalue weighted by Gasteiger charge is 2.24. The lowest BCUT2D eigenvalue weighted by Gasteiger charge is -2.38. The van der Waals surface area contributed by atoms with E-state index in [0.717, 1.165) is 25.4 Å². The number of piperazine rings is 1. The van der Waals surface area contributed by atoms with Crippen LogP contribution in [0.1, 0.15) is 5.76 Å². The quantitative estimate of drug-likeness (QED) is 0.787. The summed E-state index contributed by atoms with van der Waals surface area (Å²) in [5.74, 6) is 1.30. The third-order valence-corrected chi connectivity index (χ3v) is 3.20. The number of ether oxygens (including phenoxy) is 1. The number of aliphatic hydroxyl groups is 1. The van der Waals surface area contributed by atoms with Gasteiger partial charge in [0.2, 0.25) is 0 Å². The van der Waals surface area contributed by atoms with Gasteiger partial charge in [-0.1, -0.05) is 0 Å². The summed E-state index contributed by atoms with van der Waals surface area (Å²) < 4.78 is 10.1. The molecule has 1 unspecified atom stereocenters. The molecule has 0 bridgehead atoms. The third kappa shape index (κ3) is 2.96. The SMILES string of the molecule is COc1cc(CN2CCN(C)C(CO)C2)on1. The lowest BCUT2D eigenvalue weighted by atomic mass is 10.2. The highest BCUT2D eigenvalue weighted by Crippen LogP contribution is 2.15. The molecule has 0 aromatic carbocycles. The first kappa shape index (κ1) is 12.3. The molecule has 0 spiro atoms. The second kappa shape index (κ2) is 5.48. The van der Waals surface area contributed by atoms with Crippen LogP contribution < -0.4 is 4.74 Å². The Labute approximate surface area is 101 Å². The monoisotopic (exact) mass is 241 g/mol. The minimum atomic E-state index is 0.187. The Morgan fingerprint density at radius 2 is 2.41 bits per heavy atom. The van der Waals surface area contributed by atoms with Crippen LogP contribution in [0.25, 0.3) is 0 Å². The Morgan fingerprint density at radius 1 is 1.59 bits per heavy atom. The van der Waals surface area contributed by atoms with E-state index in [1.54, 1.807) is 13.2 Å². The molecule has 1 aliphatic heterocycles. The molecule has 2 rings (SSSR count). The summed E-state index contributed by atoms with van der Waals surface area (Å²) in [6, 6.07) is 2.00. The van der Waals surface area contributed by atoms with Gasteiger partial charge in [-0.25, -0.2) is 0 Å². The number of likely N-dealkylation sites (N-methyl/N-ethyl adjacent to an activating group) is 1. The number of rotatable bonds is 4. The summed E-state index contributed by atoms with van der Waals surface area (Å²) >= 11 is 0. The van der Waals surface area contributed by atoms with Gasteiger partial charge in [-0.05, 0) is 12.2 Å². The van der Waals surface area contributed by atoms with E-state index in [1.807, 2.05) is 7.05 Å². The predicted octanol–water partition coefficient (Wildman–Crippen LogP) is -0.208. The molecule has 0 radical (unpaired) electrons. The van der Waals surface area contributed by atoms with Gasteiger partial charge < -0.3 is 14.4 Å². The van der Waals surface area contributed by atoms with Crippen molar-refractivity contribution >= 4 is 0 Å². The van der Waals surface area contributed by atoms with Gasteiger partial charge in [0, 0.05) is 31.7 Å². The van der Waals surface area contributed by atoms with Crippen LogP contribution in [0.5, 0.6) is 5.88 Å². The van der Waals surface area contributed by atoms with E-state index in [4.69, 9.17) is 9.26 Å². The first-order valence-corrected chi connectivity index (χ1v) is 5.76. The molecule has 1 aliphatic rings. The molecule has 1 aromatic heterocycles. The molecule has 0 saturated carbocycles. The van der Waals surface area contributed by atoms with E-state index in [0.29, 0.717) is 12.4 Å². The van der Waals surface area contributed by atoms with E-state index in [2.05, 4.69) is 15.0 Å². The maximum Gasteiger partial charge on any atom is 0.254 e. The molecule has 96 valence electrons. The predicted molar refractivity (Wildman–Crippen MR) is 61.8 cm³/mol. The highest BCUT2D eigenvalue weighted by molar-refractivity contribution is 5.10. The molecule has 1 saturated heterocycles. The van der Waals surface area contributed by atoms with Gasteiger partial charge in [0.15, 0.2) is 5.76 Å². The molecule has 0 amide bonds. The Bertz CT molecular complexity index is 355. The zero-order chi connectivity index (χ0) is 12.3. The molecular formula is C11H19N3O3. The minimum Gasteiger partial charge on any atom is -0.479 e. The van der Waals surface area contributed by atoms with Crippen LogP contribution in [-0.2, 0) is 6.54 Å². The number of nitrogens with zero attached hydrogens (tertiary/aromatic N) is 3. The van der Waals surface area contributed by atoms with Crippen molar-refractivity contribution in [3.8, 4) is 5.88 Å². The van der Waals surface area contributed by atoms with Crippen molar-refractivity contribution in [1.82, 2.24) is 15.0 Å². The Kier molecular flexibility index (Phi) is 3.98. The summed E-state index contributed by atoms with van der Waals surface area (Å²) in [5.41, 5.74) is 0. The van der Waals surface area contributed by atoms with E-state index < -0.39 is 0 Å². The van der Waals surface area contributed by atoms with Crippen molar-refractivity contribution in [2.24, 2.45) is 0 Å². The lowest BCUT2D eigenvalue weighted by Crippen LogP contribution is -2.52. The van der Waals surface area contributed by atoms with Crippen LogP contribution in [0.15, 0.2) is 10.6 Å². The fraction of sp³-hybridized carbons (Fsp3) is 0.727. The molecule has 6 heteroatoms. The molecule has 1 atom stereocenters. The Morgan fingerprint density at radius 3 is 3.06 bits per heavy atom. The zero-order valence-corrected chi connectivity index (χ0v) is 10.3. The number of hydrogen-bond acceptors (Lipinski definition) is 6. The highest BCUT2D eigenvalue weighted by atomic mass is 16.5. The first-order valence-electron chi connectivity index (χ1n) is 5.76. The van der Waals surface area contributed by atoms with E-state index in [1.165, 1.54) is 0 Å². The molecule has 1 fully saturated rings. The van der Waals surface area contributed by atoms with Crippen LogP contribution in [-0.4, -0.2) is 66.5 Å². The van der Waals surface area contributed by atoms with Crippen LogP contribution in [0.3, 0.4) is 0 Å². The van der Waals surface area contributed by atoms with Crippen molar-refractivity contribution in [2.75, 3.05) is 40.4 Å². The summed E-state index contributed by atoms with van der Waals surface area (Å²) in [6.07, 6.45) is 0. The van der Waals surface area contributed by atoms with E-state index >= 15 is 0 Å². The van der Waals surface area contributed by atoms with E-state index in [9.17, 15) is 5.11 Å². The van der Waals surface area contributed by atoms with E-state index in [-0.39, 0.29) is 12.6 Å². The maximum absolute atomic E-state index is 9.26. The molecule has 2 heterocycles. The Balaban J connectivity index is 1.90. The summed E-state index contributed by atoms with van der Waals surface area (Å²) in [7, 11) is 3.61. The van der Waals surface area contributed by atoms with Crippen LogP contribution >= 0.6 is 0 Å².